The van der Waals surface area contributed by atoms with Crippen molar-refractivity contribution < 1.29 is 14.0 Å². The summed E-state index contributed by atoms with van der Waals surface area (Å²) in [5, 5.41) is 2.59. The first-order valence-corrected chi connectivity index (χ1v) is 5.29. The van der Waals surface area contributed by atoms with E-state index < -0.39 is 0 Å². The fourth-order valence-corrected chi connectivity index (χ4v) is 1.32. The monoisotopic (exact) mass is 223 g/mol. The fraction of sp³-hybridized carbons (Fsp3) is 0.500. The first-order chi connectivity index (χ1) is 7.41. The van der Waals surface area contributed by atoms with E-state index in [1.54, 1.807) is 19.9 Å². The van der Waals surface area contributed by atoms with Crippen molar-refractivity contribution in [2.24, 2.45) is 5.92 Å². The van der Waals surface area contributed by atoms with Crippen LogP contribution in [0, 0.1) is 19.8 Å². The standard InChI is InChI=1S/C12H17NO3/c1-7(2)11(14)6-13-12(15)10-5-8(3)16-9(10)4/h5,7H,6H2,1-4H3,(H,13,15). The minimum Gasteiger partial charge on any atom is -0.466 e. The molecule has 1 amide bonds. The van der Waals surface area contributed by atoms with Gasteiger partial charge in [0, 0.05) is 5.92 Å². The number of amides is 1. The Kier molecular flexibility index (Phi) is 3.88. The van der Waals surface area contributed by atoms with Crippen molar-refractivity contribution in [2.75, 3.05) is 6.54 Å². The first kappa shape index (κ1) is 12.5. The molecule has 0 spiro atoms. The van der Waals surface area contributed by atoms with Crippen molar-refractivity contribution in [1.29, 1.82) is 0 Å². The Morgan fingerprint density at radius 3 is 2.44 bits per heavy atom. The summed E-state index contributed by atoms with van der Waals surface area (Å²) in [6.45, 7) is 7.19. The van der Waals surface area contributed by atoms with Gasteiger partial charge in [-0.1, -0.05) is 13.8 Å². The highest BCUT2D eigenvalue weighted by Crippen LogP contribution is 2.13. The molecule has 4 heteroatoms. The van der Waals surface area contributed by atoms with E-state index in [4.69, 9.17) is 4.42 Å². The van der Waals surface area contributed by atoms with Crippen LogP contribution in [0.4, 0.5) is 0 Å². The molecule has 0 bridgehead atoms. The second-order valence-corrected chi connectivity index (χ2v) is 4.13. The molecule has 1 aromatic rings. The van der Waals surface area contributed by atoms with Gasteiger partial charge in [0.1, 0.15) is 11.5 Å². The van der Waals surface area contributed by atoms with Gasteiger partial charge >= 0.3 is 0 Å². The van der Waals surface area contributed by atoms with Gasteiger partial charge in [0.2, 0.25) is 0 Å². The number of hydrogen-bond donors (Lipinski definition) is 1. The van der Waals surface area contributed by atoms with Crippen molar-refractivity contribution in [3.05, 3.63) is 23.2 Å². The lowest BCUT2D eigenvalue weighted by Crippen LogP contribution is -2.31. The second-order valence-electron chi connectivity index (χ2n) is 4.13. The minimum atomic E-state index is -0.261. The van der Waals surface area contributed by atoms with Crippen LogP contribution in [0.1, 0.15) is 35.7 Å². The zero-order valence-corrected chi connectivity index (χ0v) is 10.1. The number of carbonyl (C=O) groups is 2. The SMILES string of the molecule is Cc1cc(C(=O)NCC(=O)C(C)C)c(C)o1. The molecule has 0 aliphatic rings. The number of Topliss-reactive ketones (excluding diaryl/α,β-unsaturated/α-hetero) is 1. The van der Waals surface area contributed by atoms with Gasteiger partial charge in [-0.3, -0.25) is 9.59 Å². The Labute approximate surface area is 95.0 Å². The molecule has 0 aliphatic heterocycles. The van der Waals surface area contributed by atoms with Gasteiger partial charge in [0.15, 0.2) is 5.78 Å². The van der Waals surface area contributed by atoms with Gasteiger partial charge in [-0.05, 0) is 19.9 Å². The molecular weight excluding hydrogens is 206 g/mol. The van der Waals surface area contributed by atoms with E-state index in [2.05, 4.69) is 5.32 Å². The van der Waals surface area contributed by atoms with Crippen LogP contribution in [0.5, 0.6) is 0 Å². The van der Waals surface area contributed by atoms with E-state index >= 15 is 0 Å². The molecule has 0 aliphatic carbocycles. The van der Waals surface area contributed by atoms with Crippen LogP contribution in [-0.2, 0) is 4.79 Å². The molecule has 0 saturated carbocycles. The zero-order chi connectivity index (χ0) is 12.3. The van der Waals surface area contributed by atoms with Crippen molar-refractivity contribution in [3.8, 4) is 0 Å². The first-order valence-electron chi connectivity index (χ1n) is 5.29. The molecule has 4 nitrogen and oxygen atoms in total. The summed E-state index contributed by atoms with van der Waals surface area (Å²) in [5.74, 6) is 0.965. The average molecular weight is 223 g/mol. The number of ketones is 1. The molecule has 88 valence electrons. The minimum absolute atomic E-state index is 0.0196. The Balaban J connectivity index is 2.60. The van der Waals surface area contributed by atoms with Crippen molar-refractivity contribution in [2.45, 2.75) is 27.7 Å². The lowest BCUT2D eigenvalue weighted by molar-refractivity contribution is -0.120. The van der Waals surface area contributed by atoms with E-state index in [-0.39, 0.29) is 24.2 Å². The van der Waals surface area contributed by atoms with Crippen LogP contribution in [0.3, 0.4) is 0 Å². The summed E-state index contributed by atoms with van der Waals surface area (Å²) >= 11 is 0. The van der Waals surface area contributed by atoms with E-state index in [1.165, 1.54) is 0 Å². The molecule has 16 heavy (non-hydrogen) atoms. The van der Waals surface area contributed by atoms with Gasteiger partial charge in [-0.25, -0.2) is 0 Å². The van der Waals surface area contributed by atoms with Gasteiger partial charge < -0.3 is 9.73 Å². The molecule has 0 unspecified atom stereocenters. The molecule has 1 aromatic heterocycles. The third-order valence-corrected chi connectivity index (χ3v) is 2.35. The maximum Gasteiger partial charge on any atom is 0.255 e. The Morgan fingerprint density at radius 2 is 2.00 bits per heavy atom. The number of aryl methyl sites for hydroxylation is 2. The quantitative estimate of drug-likeness (QED) is 0.847. The Morgan fingerprint density at radius 1 is 1.38 bits per heavy atom. The fourth-order valence-electron chi connectivity index (χ4n) is 1.32. The lowest BCUT2D eigenvalue weighted by Gasteiger charge is -2.05. The molecule has 0 fully saturated rings. The molecular formula is C12H17NO3. The third-order valence-electron chi connectivity index (χ3n) is 2.35. The summed E-state index contributed by atoms with van der Waals surface area (Å²) in [6, 6.07) is 1.67. The van der Waals surface area contributed by atoms with Crippen LogP contribution >= 0.6 is 0 Å². The molecule has 0 aromatic carbocycles. The lowest BCUT2D eigenvalue weighted by atomic mass is 10.1. The smallest absolute Gasteiger partial charge is 0.255 e. The maximum absolute atomic E-state index is 11.7. The molecule has 0 saturated heterocycles. The summed E-state index contributed by atoms with van der Waals surface area (Å²) in [6.07, 6.45) is 0. The summed E-state index contributed by atoms with van der Waals surface area (Å²) in [4.78, 5) is 23.0. The largest absolute Gasteiger partial charge is 0.466 e. The number of nitrogens with one attached hydrogen (secondary N) is 1. The zero-order valence-electron chi connectivity index (χ0n) is 10.1. The van der Waals surface area contributed by atoms with Gasteiger partial charge in [0.05, 0.1) is 12.1 Å². The number of hydrogen-bond acceptors (Lipinski definition) is 3. The highest BCUT2D eigenvalue weighted by molar-refractivity contribution is 5.97. The van der Waals surface area contributed by atoms with E-state index in [9.17, 15) is 9.59 Å². The Bertz CT molecular complexity index is 404. The van der Waals surface area contributed by atoms with Crippen molar-refractivity contribution >= 4 is 11.7 Å². The van der Waals surface area contributed by atoms with Crippen molar-refractivity contribution in [1.82, 2.24) is 5.32 Å². The van der Waals surface area contributed by atoms with E-state index in [1.807, 2.05) is 13.8 Å². The number of carbonyl (C=O) groups excluding carboxylic acids is 2. The van der Waals surface area contributed by atoms with Crippen LogP contribution < -0.4 is 5.32 Å². The number of rotatable bonds is 4. The van der Waals surface area contributed by atoms with Crippen LogP contribution in [0.2, 0.25) is 0 Å². The van der Waals surface area contributed by atoms with E-state index in [0.29, 0.717) is 17.1 Å². The maximum atomic E-state index is 11.7. The second kappa shape index (κ2) is 4.96. The molecule has 1 rings (SSSR count). The van der Waals surface area contributed by atoms with Crippen LogP contribution in [0.15, 0.2) is 10.5 Å². The number of furan rings is 1. The third kappa shape index (κ3) is 2.95. The van der Waals surface area contributed by atoms with Gasteiger partial charge in [-0.15, -0.1) is 0 Å². The highest BCUT2D eigenvalue weighted by atomic mass is 16.3. The van der Waals surface area contributed by atoms with E-state index in [0.717, 1.165) is 0 Å². The van der Waals surface area contributed by atoms with Gasteiger partial charge in [-0.2, -0.15) is 0 Å². The van der Waals surface area contributed by atoms with Crippen LogP contribution in [0.25, 0.3) is 0 Å². The molecule has 1 N–H and O–H groups in total. The molecule has 0 atom stereocenters. The average Bonchev–Trinajstić information content (AvgIpc) is 2.53. The summed E-state index contributed by atoms with van der Waals surface area (Å²) < 4.78 is 5.24. The van der Waals surface area contributed by atoms with Gasteiger partial charge in [0.25, 0.3) is 5.91 Å². The Hall–Kier alpha value is -1.58. The molecule has 0 radical (unpaired) electrons. The molecule has 1 heterocycles. The topological polar surface area (TPSA) is 59.3 Å². The van der Waals surface area contributed by atoms with Crippen molar-refractivity contribution in [3.63, 3.8) is 0 Å². The summed E-state index contributed by atoms with van der Waals surface area (Å²) in [5.41, 5.74) is 0.494. The predicted octanol–water partition coefficient (Wildman–Crippen LogP) is 1.85. The predicted molar refractivity (Wildman–Crippen MR) is 60.4 cm³/mol. The van der Waals surface area contributed by atoms with Crippen LogP contribution in [-0.4, -0.2) is 18.2 Å². The summed E-state index contributed by atoms with van der Waals surface area (Å²) in [7, 11) is 0. The normalized spacial score (nSPS) is 10.6. The highest BCUT2D eigenvalue weighted by Gasteiger charge is 2.15.